The quantitative estimate of drug-likeness (QED) is 0.785. The van der Waals surface area contributed by atoms with Crippen molar-refractivity contribution in [2.75, 3.05) is 6.54 Å². The minimum atomic E-state index is -0.179. The molecule has 0 aliphatic carbocycles. The normalized spacial score (nSPS) is 12.0. The Labute approximate surface area is 118 Å². The van der Waals surface area contributed by atoms with Crippen molar-refractivity contribution in [1.29, 1.82) is 0 Å². The van der Waals surface area contributed by atoms with Crippen molar-refractivity contribution in [3.63, 3.8) is 0 Å². The van der Waals surface area contributed by atoms with Gasteiger partial charge in [-0.2, -0.15) is 0 Å². The molecule has 1 aromatic carbocycles. The Morgan fingerprint density at radius 2 is 2.11 bits per heavy atom. The van der Waals surface area contributed by atoms with Crippen LogP contribution in [-0.4, -0.2) is 12.6 Å². The van der Waals surface area contributed by atoms with E-state index in [1.54, 1.807) is 12.1 Å². The molecule has 3 nitrogen and oxygen atoms in total. The van der Waals surface area contributed by atoms with Crippen molar-refractivity contribution in [3.8, 4) is 0 Å². The van der Waals surface area contributed by atoms with Gasteiger partial charge in [0.2, 0.25) is 0 Å². The lowest BCUT2D eigenvalue weighted by Gasteiger charge is -2.16. The second kappa shape index (κ2) is 7.49. The highest BCUT2D eigenvalue weighted by Gasteiger charge is 2.12. The summed E-state index contributed by atoms with van der Waals surface area (Å²) in [5.74, 6) is 0. The summed E-state index contributed by atoms with van der Waals surface area (Å²) in [5, 5.41) is 6.78. The predicted octanol–water partition coefficient (Wildman–Crippen LogP) is 4.15. The third-order valence-electron chi connectivity index (χ3n) is 2.59. The van der Waals surface area contributed by atoms with Crippen molar-refractivity contribution in [3.05, 3.63) is 33.8 Å². The summed E-state index contributed by atoms with van der Waals surface area (Å²) in [5.41, 5.74) is 0.853. The number of hydrogen-bond donors (Lipinski definition) is 2. The molecule has 0 unspecified atom stereocenters. The van der Waals surface area contributed by atoms with E-state index in [4.69, 9.17) is 23.2 Å². The molecular weight excluding hydrogens is 271 g/mol. The van der Waals surface area contributed by atoms with Gasteiger partial charge in [0.05, 0.1) is 6.04 Å². The number of amides is 2. The van der Waals surface area contributed by atoms with Gasteiger partial charge >= 0.3 is 6.03 Å². The van der Waals surface area contributed by atoms with Crippen molar-refractivity contribution >= 4 is 29.2 Å². The highest BCUT2D eigenvalue weighted by molar-refractivity contribution is 6.35. The van der Waals surface area contributed by atoms with E-state index in [-0.39, 0.29) is 12.1 Å². The van der Waals surface area contributed by atoms with Crippen LogP contribution in [0.2, 0.25) is 10.0 Å². The maximum absolute atomic E-state index is 11.6. The van der Waals surface area contributed by atoms with E-state index in [0.717, 1.165) is 18.4 Å². The minimum Gasteiger partial charge on any atom is -0.338 e. The fraction of sp³-hybridized carbons (Fsp3) is 0.462. The number of carbonyl (C=O) groups excluding carboxylic acids is 1. The Kier molecular flexibility index (Phi) is 6.30. The van der Waals surface area contributed by atoms with Crippen LogP contribution in [0.25, 0.3) is 0 Å². The summed E-state index contributed by atoms with van der Waals surface area (Å²) >= 11 is 11.9. The van der Waals surface area contributed by atoms with Gasteiger partial charge in [-0.1, -0.05) is 42.6 Å². The third kappa shape index (κ3) is 4.75. The third-order valence-corrected chi connectivity index (χ3v) is 3.15. The topological polar surface area (TPSA) is 41.1 Å². The van der Waals surface area contributed by atoms with Crippen LogP contribution in [0.5, 0.6) is 0 Å². The molecule has 0 saturated heterocycles. The number of benzene rings is 1. The lowest BCUT2D eigenvalue weighted by Crippen LogP contribution is -2.37. The van der Waals surface area contributed by atoms with Crippen LogP contribution in [0.3, 0.4) is 0 Å². The Morgan fingerprint density at radius 1 is 1.39 bits per heavy atom. The van der Waals surface area contributed by atoms with Gasteiger partial charge in [0.15, 0.2) is 0 Å². The summed E-state index contributed by atoms with van der Waals surface area (Å²) in [4.78, 5) is 11.6. The van der Waals surface area contributed by atoms with Gasteiger partial charge in [0.25, 0.3) is 0 Å². The zero-order valence-electron chi connectivity index (χ0n) is 10.6. The van der Waals surface area contributed by atoms with Gasteiger partial charge in [-0.15, -0.1) is 0 Å². The predicted molar refractivity (Wildman–Crippen MR) is 76.3 cm³/mol. The molecule has 0 bridgehead atoms. The lowest BCUT2D eigenvalue weighted by atomic mass is 10.1. The standard InChI is InChI=1S/C13H18Cl2N2O/c1-3-4-7-16-13(18)17-9(2)11-6-5-10(14)8-12(11)15/h5-6,8-9H,3-4,7H2,1-2H3,(H2,16,17,18)/t9-/m1/s1. The summed E-state index contributed by atoms with van der Waals surface area (Å²) in [6.07, 6.45) is 2.03. The molecule has 0 aromatic heterocycles. The molecule has 1 aromatic rings. The first-order valence-corrected chi connectivity index (χ1v) is 6.79. The van der Waals surface area contributed by atoms with Gasteiger partial charge in [-0.3, -0.25) is 0 Å². The molecule has 5 heteroatoms. The number of nitrogens with one attached hydrogen (secondary N) is 2. The molecule has 1 rings (SSSR count). The van der Waals surface area contributed by atoms with Gasteiger partial charge in [0.1, 0.15) is 0 Å². The van der Waals surface area contributed by atoms with Crippen LogP contribution in [0.1, 0.15) is 38.3 Å². The van der Waals surface area contributed by atoms with Crippen molar-refractivity contribution < 1.29 is 4.79 Å². The van der Waals surface area contributed by atoms with Crippen molar-refractivity contribution in [1.82, 2.24) is 10.6 Å². The SMILES string of the molecule is CCCCNC(=O)N[C@H](C)c1ccc(Cl)cc1Cl. The number of urea groups is 1. The Morgan fingerprint density at radius 3 is 2.72 bits per heavy atom. The fourth-order valence-electron chi connectivity index (χ4n) is 1.56. The molecule has 2 N–H and O–H groups in total. The molecule has 0 heterocycles. The molecule has 0 radical (unpaired) electrons. The lowest BCUT2D eigenvalue weighted by molar-refractivity contribution is 0.238. The van der Waals surface area contributed by atoms with Crippen LogP contribution in [-0.2, 0) is 0 Å². The van der Waals surface area contributed by atoms with E-state index >= 15 is 0 Å². The monoisotopic (exact) mass is 288 g/mol. The van der Waals surface area contributed by atoms with Crippen LogP contribution < -0.4 is 10.6 Å². The van der Waals surface area contributed by atoms with Crippen molar-refractivity contribution in [2.24, 2.45) is 0 Å². The zero-order chi connectivity index (χ0) is 13.5. The molecule has 0 spiro atoms. The number of halogens is 2. The fourth-order valence-corrected chi connectivity index (χ4v) is 2.13. The Hall–Kier alpha value is -0.930. The van der Waals surface area contributed by atoms with E-state index in [2.05, 4.69) is 17.6 Å². The number of carbonyl (C=O) groups is 1. The summed E-state index contributed by atoms with van der Waals surface area (Å²) in [6.45, 7) is 4.65. The van der Waals surface area contributed by atoms with Gasteiger partial charge in [-0.05, 0) is 31.0 Å². The molecule has 0 fully saturated rings. The molecule has 1 atom stereocenters. The Balaban J connectivity index is 2.54. The van der Waals surface area contributed by atoms with Crippen LogP contribution in [0.15, 0.2) is 18.2 Å². The molecule has 100 valence electrons. The Bertz CT molecular complexity index is 410. The highest BCUT2D eigenvalue weighted by atomic mass is 35.5. The molecule has 0 aliphatic rings. The van der Waals surface area contributed by atoms with Gasteiger partial charge in [0, 0.05) is 16.6 Å². The largest absolute Gasteiger partial charge is 0.338 e. The number of hydrogen-bond acceptors (Lipinski definition) is 1. The second-order valence-corrected chi connectivity index (χ2v) is 4.98. The molecular formula is C13H18Cl2N2O. The van der Waals surface area contributed by atoms with E-state index < -0.39 is 0 Å². The van der Waals surface area contributed by atoms with Crippen LogP contribution >= 0.6 is 23.2 Å². The average Bonchev–Trinajstić information content (AvgIpc) is 2.28. The smallest absolute Gasteiger partial charge is 0.315 e. The van der Waals surface area contributed by atoms with Gasteiger partial charge < -0.3 is 10.6 Å². The highest BCUT2D eigenvalue weighted by Crippen LogP contribution is 2.25. The first kappa shape index (κ1) is 15.1. The van der Waals surface area contributed by atoms with E-state index in [9.17, 15) is 4.79 Å². The average molecular weight is 289 g/mol. The van der Waals surface area contributed by atoms with E-state index in [1.807, 2.05) is 13.0 Å². The maximum Gasteiger partial charge on any atom is 0.315 e. The second-order valence-electron chi connectivity index (χ2n) is 4.14. The van der Waals surface area contributed by atoms with Crippen LogP contribution in [0, 0.1) is 0 Å². The number of rotatable bonds is 5. The molecule has 0 saturated carbocycles. The van der Waals surface area contributed by atoms with E-state index in [1.165, 1.54) is 0 Å². The molecule has 0 aliphatic heterocycles. The first-order valence-electron chi connectivity index (χ1n) is 6.04. The van der Waals surface area contributed by atoms with Gasteiger partial charge in [-0.25, -0.2) is 4.79 Å². The molecule has 2 amide bonds. The minimum absolute atomic E-state index is 0.156. The first-order chi connectivity index (χ1) is 8.54. The summed E-state index contributed by atoms with van der Waals surface area (Å²) < 4.78 is 0. The maximum atomic E-state index is 11.6. The van der Waals surface area contributed by atoms with Crippen LogP contribution in [0.4, 0.5) is 4.79 Å². The van der Waals surface area contributed by atoms with E-state index in [0.29, 0.717) is 16.6 Å². The zero-order valence-corrected chi connectivity index (χ0v) is 12.1. The van der Waals surface area contributed by atoms with Crippen molar-refractivity contribution in [2.45, 2.75) is 32.7 Å². The number of unbranched alkanes of at least 4 members (excludes halogenated alkanes) is 1. The summed E-state index contributed by atoms with van der Waals surface area (Å²) in [7, 11) is 0. The molecule has 18 heavy (non-hydrogen) atoms. The summed E-state index contributed by atoms with van der Waals surface area (Å²) in [6, 6.07) is 4.92.